The Hall–Kier alpha value is -1.83. The van der Waals surface area contributed by atoms with Crippen LogP contribution < -0.4 is 4.90 Å². The average Bonchev–Trinajstić information content (AvgIpc) is 3.12. The Balaban J connectivity index is 1.95. The molecule has 1 amide bonds. The lowest BCUT2D eigenvalue weighted by atomic mass is 10.0. The molecule has 0 spiro atoms. The number of methoxy groups -OCH3 is 1. The van der Waals surface area contributed by atoms with Crippen LogP contribution in [0.5, 0.6) is 0 Å². The van der Waals surface area contributed by atoms with E-state index >= 15 is 0 Å². The van der Waals surface area contributed by atoms with Crippen LogP contribution >= 0.6 is 34.5 Å². The molecule has 1 atom stereocenters. The number of carbonyl (C=O) groups is 2. The highest BCUT2D eigenvalue weighted by atomic mass is 35.5. The van der Waals surface area contributed by atoms with Gasteiger partial charge in [-0.3, -0.25) is 4.79 Å². The zero-order valence-electron chi connectivity index (χ0n) is 16.5. The van der Waals surface area contributed by atoms with Crippen LogP contribution in [0.1, 0.15) is 18.7 Å². The van der Waals surface area contributed by atoms with Gasteiger partial charge in [0.1, 0.15) is 6.04 Å². The van der Waals surface area contributed by atoms with Crippen LogP contribution in [0.25, 0.3) is 11.3 Å². The Morgan fingerprint density at radius 2 is 2.10 bits per heavy atom. The van der Waals surface area contributed by atoms with Crippen molar-refractivity contribution in [1.82, 2.24) is 9.88 Å². The van der Waals surface area contributed by atoms with Crippen molar-refractivity contribution >= 4 is 52.0 Å². The van der Waals surface area contributed by atoms with Gasteiger partial charge in [-0.15, -0.1) is 11.3 Å². The molecule has 1 unspecified atom stereocenters. The number of carbonyl (C=O) groups excluding carboxylic acids is 2. The van der Waals surface area contributed by atoms with Crippen LogP contribution in [0.3, 0.4) is 0 Å². The summed E-state index contributed by atoms with van der Waals surface area (Å²) in [5.41, 5.74) is 1.79. The van der Waals surface area contributed by atoms with Gasteiger partial charge in [0.2, 0.25) is 6.41 Å². The second-order valence-corrected chi connectivity index (χ2v) is 9.20. The Morgan fingerprint density at radius 1 is 1.34 bits per heavy atom. The average molecular weight is 456 g/mol. The number of hydrogen-bond donors (Lipinski definition) is 0. The summed E-state index contributed by atoms with van der Waals surface area (Å²) in [5.74, 6) is 0.0324. The maximum Gasteiger partial charge on any atom is 0.330 e. The SMILES string of the molecule is COC(=O)C1CN(c2nc(-c3ccc(Cl)c(Cl)c3)c(CC(C)C)s2)CCN1C=O. The molecular formula is C20H23Cl2N3O3S. The standard InChI is InChI=1S/C20H23Cl2N3O3S/c1-12(2)8-17-18(13-4-5-14(21)15(22)9-13)23-20(29-17)24-6-7-25(11-26)16(10-24)19(27)28-3/h4-5,9,11-12,16H,6-8,10H2,1-3H3. The van der Waals surface area contributed by atoms with Gasteiger partial charge in [0, 0.05) is 23.5 Å². The van der Waals surface area contributed by atoms with Gasteiger partial charge in [-0.2, -0.15) is 0 Å². The van der Waals surface area contributed by atoms with Crippen molar-refractivity contribution in [2.24, 2.45) is 5.92 Å². The number of esters is 1. The molecular weight excluding hydrogens is 433 g/mol. The highest BCUT2D eigenvalue weighted by Crippen LogP contribution is 2.37. The van der Waals surface area contributed by atoms with Crippen LogP contribution in [0, 0.1) is 5.92 Å². The highest BCUT2D eigenvalue weighted by molar-refractivity contribution is 7.16. The first kappa shape index (κ1) is 21.9. The largest absolute Gasteiger partial charge is 0.467 e. The first-order valence-electron chi connectivity index (χ1n) is 9.33. The first-order valence-corrected chi connectivity index (χ1v) is 10.9. The van der Waals surface area contributed by atoms with E-state index in [1.165, 1.54) is 12.0 Å². The summed E-state index contributed by atoms with van der Waals surface area (Å²) in [7, 11) is 1.33. The second kappa shape index (κ2) is 9.32. The quantitative estimate of drug-likeness (QED) is 0.483. The number of anilines is 1. The van der Waals surface area contributed by atoms with E-state index in [-0.39, 0.29) is 0 Å². The van der Waals surface area contributed by atoms with Gasteiger partial charge in [0.05, 0.1) is 29.4 Å². The summed E-state index contributed by atoms with van der Waals surface area (Å²) >= 11 is 13.9. The van der Waals surface area contributed by atoms with E-state index in [4.69, 9.17) is 32.9 Å². The molecule has 1 aromatic heterocycles. The minimum atomic E-state index is -0.642. The third-order valence-electron chi connectivity index (χ3n) is 4.77. The van der Waals surface area contributed by atoms with Crippen molar-refractivity contribution in [3.63, 3.8) is 0 Å². The summed E-state index contributed by atoms with van der Waals surface area (Å²) in [6.45, 7) is 5.70. The molecule has 1 aliphatic heterocycles. The number of halogens is 2. The molecule has 1 saturated heterocycles. The number of ether oxygens (including phenoxy) is 1. The van der Waals surface area contributed by atoms with Crippen molar-refractivity contribution in [2.45, 2.75) is 26.3 Å². The van der Waals surface area contributed by atoms with Crippen molar-refractivity contribution in [3.8, 4) is 11.3 Å². The molecule has 156 valence electrons. The van der Waals surface area contributed by atoms with Crippen molar-refractivity contribution in [3.05, 3.63) is 33.1 Å². The Bertz CT molecular complexity index is 903. The summed E-state index contributed by atoms with van der Waals surface area (Å²) < 4.78 is 4.87. The molecule has 2 aromatic rings. The van der Waals surface area contributed by atoms with E-state index in [9.17, 15) is 9.59 Å². The number of nitrogens with zero attached hydrogens (tertiary/aromatic N) is 3. The van der Waals surface area contributed by atoms with E-state index in [1.807, 2.05) is 17.0 Å². The molecule has 0 radical (unpaired) electrons. The van der Waals surface area contributed by atoms with Gasteiger partial charge in [0.15, 0.2) is 5.13 Å². The van der Waals surface area contributed by atoms with Crippen LogP contribution in [0.4, 0.5) is 5.13 Å². The molecule has 0 N–H and O–H groups in total. The minimum absolute atomic E-state index is 0.348. The van der Waals surface area contributed by atoms with E-state index in [2.05, 4.69) is 13.8 Å². The molecule has 3 rings (SSSR count). The van der Waals surface area contributed by atoms with Crippen LogP contribution in [0.2, 0.25) is 10.0 Å². The molecule has 0 saturated carbocycles. The van der Waals surface area contributed by atoms with E-state index < -0.39 is 12.0 Å². The second-order valence-electron chi connectivity index (χ2n) is 7.32. The van der Waals surface area contributed by atoms with Gasteiger partial charge < -0.3 is 14.5 Å². The molecule has 29 heavy (non-hydrogen) atoms. The fourth-order valence-electron chi connectivity index (χ4n) is 3.30. The number of piperazine rings is 1. The fourth-order valence-corrected chi connectivity index (χ4v) is 4.92. The molecule has 6 nitrogen and oxygen atoms in total. The van der Waals surface area contributed by atoms with Crippen molar-refractivity contribution in [1.29, 1.82) is 0 Å². The fraction of sp³-hybridized carbons (Fsp3) is 0.450. The number of rotatable bonds is 6. The third kappa shape index (κ3) is 4.85. The van der Waals surface area contributed by atoms with Gasteiger partial charge >= 0.3 is 5.97 Å². The smallest absolute Gasteiger partial charge is 0.330 e. The van der Waals surface area contributed by atoms with Gasteiger partial charge in [-0.05, 0) is 24.5 Å². The topological polar surface area (TPSA) is 62.7 Å². The van der Waals surface area contributed by atoms with Crippen LogP contribution in [-0.4, -0.2) is 55.0 Å². The predicted molar refractivity (Wildman–Crippen MR) is 117 cm³/mol. The molecule has 2 heterocycles. The predicted octanol–water partition coefficient (Wildman–Crippen LogP) is 4.14. The lowest BCUT2D eigenvalue weighted by Crippen LogP contribution is -2.56. The number of aromatic nitrogens is 1. The molecule has 1 aliphatic rings. The maximum atomic E-state index is 12.1. The monoisotopic (exact) mass is 455 g/mol. The highest BCUT2D eigenvalue weighted by Gasteiger charge is 2.34. The Morgan fingerprint density at radius 3 is 2.72 bits per heavy atom. The summed E-state index contributed by atoms with van der Waals surface area (Å²) in [4.78, 5) is 33.0. The van der Waals surface area contributed by atoms with Gasteiger partial charge in [-0.25, -0.2) is 9.78 Å². The van der Waals surface area contributed by atoms with Gasteiger partial charge in [-0.1, -0.05) is 43.1 Å². The zero-order valence-corrected chi connectivity index (χ0v) is 18.9. The third-order valence-corrected chi connectivity index (χ3v) is 6.65. The van der Waals surface area contributed by atoms with Crippen molar-refractivity contribution in [2.75, 3.05) is 31.6 Å². The van der Waals surface area contributed by atoms with Gasteiger partial charge in [0.25, 0.3) is 0 Å². The lowest BCUT2D eigenvalue weighted by Gasteiger charge is -2.37. The van der Waals surface area contributed by atoms with E-state index in [0.29, 0.717) is 42.0 Å². The molecule has 0 bridgehead atoms. The van der Waals surface area contributed by atoms with Crippen LogP contribution in [0.15, 0.2) is 18.2 Å². The number of thiazole rings is 1. The minimum Gasteiger partial charge on any atom is -0.467 e. The first-order chi connectivity index (χ1) is 13.8. The lowest BCUT2D eigenvalue weighted by molar-refractivity contribution is -0.149. The Labute approximate surface area is 184 Å². The summed E-state index contributed by atoms with van der Waals surface area (Å²) in [6, 6.07) is 4.87. The number of hydrogen-bond acceptors (Lipinski definition) is 6. The maximum absolute atomic E-state index is 12.1. The van der Waals surface area contributed by atoms with Crippen LogP contribution in [-0.2, 0) is 20.7 Å². The molecule has 1 fully saturated rings. The number of benzene rings is 1. The molecule has 1 aromatic carbocycles. The molecule has 9 heteroatoms. The van der Waals surface area contributed by atoms with Crippen molar-refractivity contribution < 1.29 is 14.3 Å². The summed E-state index contributed by atoms with van der Waals surface area (Å²) in [6.07, 6.45) is 1.58. The zero-order chi connectivity index (χ0) is 21.1. The van der Waals surface area contributed by atoms with E-state index in [1.54, 1.807) is 17.4 Å². The normalized spacial score (nSPS) is 17.0. The number of amides is 1. The molecule has 0 aliphatic carbocycles. The Kier molecular flexibility index (Phi) is 7.03. The van der Waals surface area contributed by atoms with E-state index in [0.717, 1.165) is 27.7 Å². The summed E-state index contributed by atoms with van der Waals surface area (Å²) in [5, 5.41) is 1.81.